The number of carbonyl (C=O) groups excluding carboxylic acids is 1. The van der Waals surface area contributed by atoms with Crippen LogP contribution in [0.5, 0.6) is 0 Å². The molecule has 0 amide bonds. The Morgan fingerprint density at radius 3 is 1.81 bits per heavy atom. The molecular formula is C23H32NO2+. The van der Waals surface area contributed by atoms with Crippen LogP contribution >= 0.6 is 0 Å². The first kappa shape index (κ1) is 20.2. The lowest BCUT2D eigenvalue weighted by atomic mass is 9.66. The molecule has 0 saturated carbocycles. The van der Waals surface area contributed by atoms with E-state index in [9.17, 15) is 4.79 Å². The van der Waals surface area contributed by atoms with E-state index in [1.54, 1.807) is 0 Å². The van der Waals surface area contributed by atoms with Gasteiger partial charge in [-0.15, -0.1) is 0 Å². The van der Waals surface area contributed by atoms with Crippen molar-refractivity contribution in [2.75, 3.05) is 14.1 Å². The number of ether oxygens (including phenoxy) is 1. The summed E-state index contributed by atoms with van der Waals surface area (Å²) < 4.78 is 5.91. The minimum absolute atomic E-state index is 0.216. The maximum absolute atomic E-state index is 11.9. The molecule has 140 valence electrons. The molecule has 0 fully saturated rings. The number of hydrogen-bond donors (Lipinski definition) is 1. The Hall–Kier alpha value is -2.13. The summed E-state index contributed by atoms with van der Waals surface area (Å²) in [7, 11) is 4.36. The highest BCUT2D eigenvalue weighted by molar-refractivity contribution is 5.66. The van der Waals surface area contributed by atoms with Gasteiger partial charge in [0, 0.05) is 13.3 Å². The van der Waals surface area contributed by atoms with E-state index < -0.39 is 0 Å². The zero-order valence-electron chi connectivity index (χ0n) is 16.7. The summed E-state index contributed by atoms with van der Waals surface area (Å²) in [4.78, 5) is 13.3. The number of quaternary nitrogens is 1. The largest absolute Gasteiger partial charge is 0.461 e. The van der Waals surface area contributed by atoms with E-state index in [-0.39, 0.29) is 17.5 Å². The van der Waals surface area contributed by atoms with Crippen molar-refractivity contribution >= 4 is 5.97 Å². The van der Waals surface area contributed by atoms with Gasteiger partial charge in [-0.1, -0.05) is 67.6 Å². The molecule has 0 radical (unpaired) electrons. The number of rotatable bonds is 8. The van der Waals surface area contributed by atoms with Crippen LogP contribution in [0.3, 0.4) is 0 Å². The molecule has 0 aromatic heterocycles. The third-order valence-electron chi connectivity index (χ3n) is 5.42. The van der Waals surface area contributed by atoms with Gasteiger partial charge in [0.15, 0.2) is 0 Å². The van der Waals surface area contributed by atoms with Gasteiger partial charge in [-0.3, -0.25) is 4.79 Å². The lowest BCUT2D eigenvalue weighted by Gasteiger charge is -2.42. The molecule has 0 spiro atoms. The lowest BCUT2D eigenvalue weighted by Crippen LogP contribution is -3.09. The van der Waals surface area contributed by atoms with Gasteiger partial charge in [-0.2, -0.15) is 0 Å². The van der Waals surface area contributed by atoms with Crippen molar-refractivity contribution in [2.24, 2.45) is 0 Å². The van der Waals surface area contributed by atoms with E-state index in [0.29, 0.717) is 6.04 Å². The molecule has 0 saturated heterocycles. The Labute approximate surface area is 158 Å². The summed E-state index contributed by atoms with van der Waals surface area (Å²) in [5.41, 5.74) is 2.03. The van der Waals surface area contributed by atoms with Crippen LogP contribution in [0.4, 0.5) is 0 Å². The van der Waals surface area contributed by atoms with Crippen LogP contribution in [-0.2, 0) is 14.9 Å². The van der Waals surface area contributed by atoms with Crippen molar-refractivity contribution in [1.29, 1.82) is 0 Å². The van der Waals surface area contributed by atoms with Gasteiger partial charge in [0.1, 0.15) is 6.10 Å². The van der Waals surface area contributed by atoms with E-state index >= 15 is 0 Å². The van der Waals surface area contributed by atoms with Gasteiger partial charge in [-0.25, -0.2) is 0 Å². The highest BCUT2D eigenvalue weighted by atomic mass is 16.5. The summed E-state index contributed by atoms with van der Waals surface area (Å²) >= 11 is 0. The molecule has 2 aromatic carbocycles. The topological polar surface area (TPSA) is 30.7 Å². The minimum Gasteiger partial charge on any atom is -0.461 e. The predicted octanol–water partition coefficient (Wildman–Crippen LogP) is 3.24. The van der Waals surface area contributed by atoms with Crippen molar-refractivity contribution in [3.8, 4) is 0 Å². The number of benzene rings is 2. The van der Waals surface area contributed by atoms with E-state index in [0.717, 1.165) is 12.8 Å². The fourth-order valence-electron chi connectivity index (χ4n) is 3.80. The van der Waals surface area contributed by atoms with Crippen LogP contribution in [0.1, 0.15) is 44.7 Å². The van der Waals surface area contributed by atoms with Crippen molar-refractivity contribution in [2.45, 2.75) is 51.2 Å². The normalized spacial score (nSPS) is 14.1. The zero-order valence-corrected chi connectivity index (χ0v) is 16.7. The maximum Gasteiger partial charge on any atom is 0.302 e. The quantitative estimate of drug-likeness (QED) is 0.738. The molecule has 1 N–H and O–H groups in total. The second-order valence-electron chi connectivity index (χ2n) is 7.39. The summed E-state index contributed by atoms with van der Waals surface area (Å²) in [5, 5.41) is 0. The molecule has 0 unspecified atom stereocenters. The van der Waals surface area contributed by atoms with Crippen LogP contribution < -0.4 is 4.90 Å². The second-order valence-corrected chi connectivity index (χ2v) is 7.39. The third kappa shape index (κ3) is 4.34. The predicted molar refractivity (Wildman–Crippen MR) is 106 cm³/mol. The first-order valence-corrected chi connectivity index (χ1v) is 9.50. The molecule has 2 rings (SSSR count). The van der Waals surface area contributed by atoms with Crippen LogP contribution in [0, 0.1) is 0 Å². The standard InChI is InChI=1S/C23H31NO2/c1-6-22(26-19(3)25)23(17-18(2)24(4)5,20-13-9-7-10-14-20)21-15-11-8-12-16-21/h7-16,18,22H,6,17H2,1-5H3/p+1/t18-,22-/m0/s1. The van der Waals surface area contributed by atoms with Crippen LogP contribution in [-0.4, -0.2) is 32.2 Å². The monoisotopic (exact) mass is 354 g/mol. The lowest BCUT2D eigenvalue weighted by molar-refractivity contribution is -0.884. The molecule has 0 bridgehead atoms. The van der Waals surface area contributed by atoms with Crippen molar-refractivity contribution in [1.82, 2.24) is 0 Å². The molecule has 3 nitrogen and oxygen atoms in total. The van der Waals surface area contributed by atoms with Gasteiger partial charge in [-0.05, 0) is 24.5 Å². The number of carbonyl (C=O) groups is 1. The van der Waals surface area contributed by atoms with E-state index in [2.05, 4.69) is 76.5 Å². The number of esters is 1. The van der Waals surface area contributed by atoms with E-state index in [4.69, 9.17) is 4.74 Å². The van der Waals surface area contributed by atoms with Gasteiger partial charge >= 0.3 is 5.97 Å². The van der Waals surface area contributed by atoms with Crippen LogP contribution in [0.2, 0.25) is 0 Å². The number of nitrogens with one attached hydrogen (secondary N) is 1. The summed E-state index contributed by atoms with van der Waals surface area (Å²) in [6, 6.07) is 21.4. The molecule has 0 aliphatic carbocycles. The maximum atomic E-state index is 11.9. The third-order valence-corrected chi connectivity index (χ3v) is 5.42. The smallest absolute Gasteiger partial charge is 0.302 e. The SMILES string of the molecule is CC[C@H](OC(C)=O)C(C[C@H](C)[NH+](C)C)(c1ccccc1)c1ccccc1. The first-order valence-electron chi connectivity index (χ1n) is 9.50. The summed E-state index contributed by atoms with van der Waals surface area (Å²) in [5.74, 6) is -0.224. The summed E-state index contributed by atoms with van der Waals surface area (Å²) in [6.07, 6.45) is 1.44. The van der Waals surface area contributed by atoms with Gasteiger partial charge in [0.25, 0.3) is 0 Å². The molecule has 0 aliphatic rings. The minimum atomic E-state index is -0.375. The fraction of sp³-hybridized carbons (Fsp3) is 0.435. The Morgan fingerprint density at radius 2 is 1.46 bits per heavy atom. The Kier molecular flexibility index (Phi) is 6.98. The van der Waals surface area contributed by atoms with Gasteiger partial charge in [0.05, 0.1) is 25.6 Å². The molecule has 2 aromatic rings. The van der Waals surface area contributed by atoms with E-state index in [1.807, 2.05) is 12.1 Å². The zero-order chi connectivity index (χ0) is 19.2. The Morgan fingerprint density at radius 1 is 1.00 bits per heavy atom. The molecule has 0 aliphatic heterocycles. The Balaban J connectivity index is 2.71. The molecule has 0 heterocycles. The molecule has 3 heteroatoms. The molecular weight excluding hydrogens is 322 g/mol. The average Bonchev–Trinajstić information content (AvgIpc) is 2.65. The Bertz CT molecular complexity index is 642. The van der Waals surface area contributed by atoms with Gasteiger partial charge in [0.2, 0.25) is 0 Å². The van der Waals surface area contributed by atoms with E-state index in [1.165, 1.54) is 23.0 Å². The van der Waals surface area contributed by atoms with Crippen LogP contribution in [0.25, 0.3) is 0 Å². The first-order chi connectivity index (χ1) is 12.4. The molecule has 2 atom stereocenters. The van der Waals surface area contributed by atoms with Crippen molar-refractivity contribution < 1.29 is 14.4 Å². The van der Waals surface area contributed by atoms with Crippen LogP contribution in [0.15, 0.2) is 60.7 Å². The van der Waals surface area contributed by atoms with Crippen molar-refractivity contribution in [3.63, 3.8) is 0 Å². The van der Waals surface area contributed by atoms with Crippen molar-refractivity contribution in [3.05, 3.63) is 71.8 Å². The second kappa shape index (κ2) is 9.00. The number of hydrogen-bond acceptors (Lipinski definition) is 2. The summed E-state index contributed by atoms with van der Waals surface area (Å²) in [6.45, 7) is 5.86. The highest BCUT2D eigenvalue weighted by Gasteiger charge is 2.45. The highest BCUT2D eigenvalue weighted by Crippen LogP contribution is 2.42. The fourth-order valence-corrected chi connectivity index (χ4v) is 3.80. The molecule has 26 heavy (non-hydrogen) atoms. The average molecular weight is 355 g/mol. The van der Waals surface area contributed by atoms with Gasteiger partial charge < -0.3 is 9.64 Å².